The molecule has 3 heterocycles. The zero-order valence-electron chi connectivity index (χ0n) is 11.3. The van der Waals surface area contributed by atoms with Gasteiger partial charge in [-0.2, -0.15) is 0 Å². The Balaban J connectivity index is 1.81. The quantitative estimate of drug-likeness (QED) is 0.781. The molecule has 0 N–H and O–H groups in total. The van der Waals surface area contributed by atoms with Crippen LogP contribution in [0.2, 0.25) is 0 Å². The van der Waals surface area contributed by atoms with Gasteiger partial charge in [-0.1, -0.05) is 19.1 Å². The van der Waals surface area contributed by atoms with E-state index in [-0.39, 0.29) is 0 Å². The predicted octanol–water partition coefficient (Wildman–Crippen LogP) is 1.81. The number of hydrogen-bond acceptors (Lipinski definition) is 3. The third-order valence-electron chi connectivity index (χ3n) is 4.99. The van der Waals surface area contributed by atoms with Crippen LogP contribution in [0.1, 0.15) is 24.8 Å². The van der Waals surface area contributed by atoms with Gasteiger partial charge in [-0.15, -0.1) is 0 Å². The van der Waals surface area contributed by atoms with Crippen molar-refractivity contribution in [2.24, 2.45) is 0 Å². The van der Waals surface area contributed by atoms with E-state index >= 15 is 0 Å². The first-order valence-electron chi connectivity index (χ1n) is 7.30. The van der Waals surface area contributed by atoms with Crippen molar-refractivity contribution in [1.29, 1.82) is 0 Å². The van der Waals surface area contributed by atoms with Gasteiger partial charge in [0.05, 0.1) is 21.4 Å². The van der Waals surface area contributed by atoms with Crippen molar-refractivity contribution in [2.75, 3.05) is 36.8 Å². The minimum absolute atomic E-state index is 0.624. The number of hydrogen-bond donors (Lipinski definition) is 0. The molecule has 0 bridgehead atoms. The first kappa shape index (κ1) is 11.9. The highest BCUT2D eigenvalue weighted by molar-refractivity contribution is 7.85. The molecule has 4 heteroatoms. The van der Waals surface area contributed by atoms with Crippen molar-refractivity contribution in [3.05, 3.63) is 23.8 Å². The van der Waals surface area contributed by atoms with E-state index in [9.17, 15) is 4.21 Å². The van der Waals surface area contributed by atoms with E-state index in [0.717, 1.165) is 23.7 Å². The van der Waals surface area contributed by atoms with Crippen molar-refractivity contribution in [2.45, 2.75) is 30.2 Å². The third kappa shape index (κ3) is 1.62. The summed E-state index contributed by atoms with van der Waals surface area (Å²) >= 11 is 0. The van der Waals surface area contributed by atoms with Crippen molar-refractivity contribution in [1.82, 2.24) is 4.90 Å². The molecular weight excluding hydrogens is 256 g/mol. The molecule has 102 valence electrons. The van der Waals surface area contributed by atoms with Crippen LogP contribution in [0.5, 0.6) is 0 Å². The Morgan fingerprint density at radius 2 is 2.26 bits per heavy atom. The van der Waals surface area contributed by atoms with Gasteiger partial charge < -0.3 is 9.80 Å². The maximum absolute atomic E-state index is 12.2. The van der Waals surface area contributed by atoms with E-state index in [2.05, 4.69) is 34.9 Å². The molecule has 0 amide bonds. The van der Waals surface area contributed by atoms with Gasteiger partial charge in [0, 0.05) is 37.3 Å². The monoisotopic (exact) mass is 276 g/mol. The zero-order valence-corrected chi connectivity index (χ0v) is 12.2. The molecule has 1 aromatic carbocycles. The fourth-order valence-electron chi connectivity index (χ4n) is 4.04. The fourth-order valence-corrected chi connectivity index (χ4v) is 5.30. The average Bonchev–Trinajstić information content (AvgIpc) is 2.78. The van der Waals surface area contributed by atoms with Gasteiger partial charge in [0.2, 0.25) is 0 Å². The molecule has 1 saturated heterocycles. The topological polar surface area (TPSA) is 23.6 Å². The summed E-state index contributed by atoms with van der Waals surface area (Å²) in [5.41, 5.74) is 2.77. The molecule has 0 saturated carbocycles. The zero-order chi connectivity index (χ0) is 13.0. The lowest BCUT2D eigenvalue weighted by molar-refractivity contribution is 0.202. The van der Waals surface area contributed by atoms with Gasteiger partial charge in [0.1, 0.15) is 0 Å². The SMILES string of the molecule is CCN1CCC2C(C1)c1cccc3c1N2CCS3=O. The lowest BCUT2D eigenvalue weighted by atomic mass is 9.89. The predicted molar refractivity (Wildman–Crippen MR) is 78.3 cm³/mol. The Kier molecular flexibility index (Phi) is 2.71. The molecule has 0 aliphatic carbocycles. The number of anilines is 1. The normalized spacial score (nSPS) is 33.1. The Labute approximate surface area is 117 Å². The highest BCUT2D eigenvalue weighted by Crippen LogP contribution is 2.48. The summed E-state index contributed by atoms with van der Waals surface area (Å²) in [6, 6.07) is 7.08. The second-order valence-electron chi connectivity index (χ2n) is 5.79. The molecule has 3 aliphatic rings. The summed E-state index contributed by atoms with van der Waals surface area (Å²) in [7, 11) is -0.785. The summed E-state index contributed by atoms with van der Waals surface area (Å²) in [4.78, 5) is 6.20. The summed E-state index contributed by atoms with van der Waals surface area (Å²) in [6.45, 7) is 6.74. The van der Waals surface area contributed by atoms with E-state index in [1.165, 1.54) is 30.8 Å². The van der Waals surface area contributed by atoms with Gasteiger partial charge in [0.25, 0.3) is 0 Å². The first-order chi connectivity index (χ1) is 9.29. The largest absolute Gasteiger partial charge is 0.366 e. The van der Waals surface area contributed by atoms with E-state index in [1.54, 1.807) is 0 Å². The molecule has 0 aromatic heterocycles. The minimum Gasteiger partial charge on any atom is -0.366 e. The molecule has 1 fully saturated rings. The smallest absolute Gasteiger partial charge is 0.0625 e. The summed E-state index contributed by atoms with van der Waals surface area (Å²) in [6.07, 6.45) is 1.25. The number of rotatable bonds is 1. The van der Waals surface area contributed by atoms with Crippen LogP contribution < -0.4 is 4.90 Å². The van der Waals surface area contributed by atoms with Crippen LogP contribution in [0, 0.1) is 0 Å². The van der Waals surface area contributed by atoms with E-state index in [0.29, 0.717) is 12.0 Å². The lowest BCUT2D eigenvalue weighted by Crippen LogP contribution is -2.47. The van der Waals surface area contributed by atoms with Crippen LogP contribution in [0.25, 0.3) is 0 Å². The Bertz CT molecular complexity index is 545. The molecule has 3 aliphatic heterocycles. The number of fused-ring (bicyclic) bond motifs is 3. The minimum atomic E-state index is -0.785. The number of likely N-dealkylation sites (tertiary alicyclic amines) is 1. The molecule has 3 nitrogen and oxygen atoms in total. The maximum atomic E-state index is 12.2. The van der Waals surface area contributed by atoms with Crippen LogP contribution >= 0.6 is 0 Å². The molecule has 0 radical (unpaired) electrons. The van der Waals surface area contributed by atoms with Gasteiger partial charge in [-0.25, -0.2) is 0 Å². The van der Waals surface area contributed by atoms with Crippen LogP contribution in [0.4, 0.5) is 5.69 Å². The number of likely N-dealkylation sites (N-methyl/N-ethyl adjacent to an activating group) is 1. The van der Waals surface area contributed by atoms with Crippen LogP contribution in [-0.2, 0) is 10.8 Å². The molecule has 0 spiro atoms. The Hall–Kier alpha value is -0.870. The van der Waals surface area contributed by atoms with Gasteiger partial charge >= 0.3 is 0 Å². The van der Waals surface area contributed by atoms with E-state index in [1.807, 2.05) is 0 Å². The summed E-state index contributed by atoms with van der Waals surface area (Å²) < 4.78 is 12.2. The van der Waals surface area contributed by atoms with Gasteiger partial charge in [0.15, 0.2) is 0 Å². The van der Waals surface area contributed by atoms with Gasteiger partial charge in [-0.05, 0) is 24.6 Å². The number of nitrogens with zero attached hydrogens (tertiary/aromatic N) is 2. The first-order valence-corrected chi connectivity index (χ1v) is 8.61. The standard InChI is InChI=1S/C15H20N2OS/c1-2-16-7-6-13-12(10-16)11-4-3-5-14-15(11)17(13)8-9-19(14)18/h3-5,12-13H,2,6-10H2,1H3. The van der Waals surface area contributed by atoms with Crippen molar-refractivity contribution in [3.8, 4) is 0 Å². The van der Waals surface area contributed by atoms with Gasteiger partial charge in [-0.3, -0.25) is 4.21 Å². The molecular formula is C15H20N2OS. The summed E-state index contributed by atoms with van der Waals surface area (Å²) in [5, 5.41) is 0. The average molecular weight is 276 g/mol. The maximum Gasteiger partial charge on any atom is 0.0625 e. The molecule has 3 unspecified atom stereocenters. The van der Waals surface area contributed by atoms with Crippen LogP contribution in [0.15, 0.2) is 23.1 Å². The summed E-state index contributed by atoms with van der Waals surface area (Å²) in [5.74, 6) is 1.43. The highest BCUT2D eigenvalue weighted by atomic mass is 32.2. The number of piperidine rings is 1. The number of benzene rings is 1. The Morgan fingerprint density at radius 1 is 1.37 bits per heavy atom. The molecule has 1 aromatic rings. The van der Waals surface area contributed by atoms with Crippen molar-refractivity contribution in [3.63, 3.8) is 0 Å². The molecule has 3 atom stereocenters. The van der Waals surface area contributed by atoms with Crippen molar-refractivity contribution >= 4 is 16.5 Å². The second kappa shape index (κ2) is 4.32. The van der Waals surface area contributed by atoms with E-state index < -0.39 is 10.8 Å². The molecule has 4 rings (SSSR count). The second-order valence-corrected chi connectivity index (χ2v) is 7.33. The van der Waals surface area contributed by atoms with Crippen LogP contribution in [0.3, 0.4) is 0 Å². The van der Waals surface area contributed by atoms with Crippen LogP contribution in [-0.4, -0.2) is 47.1 Å². The van der Waals surface area contributed by atoms with E-state index in [4.69, 9.17) is 0 Å². The Morgan fingerprint density at radius 3 is 3.11 bits per heavy atom. The highest BCUT2D eigenvalue weighted by Gasteiger charge is 2.44. The van der Waals surface area contributed by atoms with Crippen molar-refractivity contribution < 1.29 is 4.21 Å². The molecule has 19 heavy (non-hydrogen) atoms. The fraction of sp³-hybridized carbons (Fsp3) is 0.600. The lowest BCUT2D eigenvalue weighted by Gasteiger charge is -2.39. The number of para-hydroxylation sites is 1. The third-order valence-corrected chi connectivity index (χ3v) is 6.36.